The highest BCUT2D eigenvalue weighted by Gasteiger charge is 2.20. The molecule has 6 heteroatoms. The van der Waals surface area contributed by atoms with Crippen molar-refractivity contribution in [2.24, 2.45) is 0 Å². The van der Waals surface area contributed by atoms with Crippen LogP contribution in [0.2, 0.25) is 0 Å². The first-order valence-electron chi connectivity index (χ1n) is 5.58. The van der Waals surface area contributed by atoms with E-state index >= 15 is 0 Å². The van der Waals surface area contributed by atoms with Crippen LogP contribution in [0.1, 0.15) is 13.3 Å². The molecule has 0 spiro atoms. The topological polar surface area (TPSA) is 70.4 Å². The second-order valence-electron chi connectivity index (χ2n) is 3.64. The van der Waals surface area contributed by atoms with Crippen molar-refractivity contribution in [1.29, 1.82) is 5.26 Å². The van der Waals surface area contributed by atoms with Gasteiger partial charge in [-0.1, -0.05) is 0 Å². The maximum Gasteiger partial charge on any atom is 0.242 e. The first-order valence-corrected chi connectivity index (χ1v) is 7.02. The van der Waals surface area contributed by atoms with Crippen LogP contribution in [0, 0.1) is 11.3 Å². The third-order valence-electron chi connectivity index (χ3n) is 2.38. The molecule has 0 amide bonds. The standard InChI is InChI=1S/C12H16N2O3S/c1-3-17-11-5-7-12(8-6-11)18(15,16)14(2)10-4-9-13/h5-8H,3-4,10H2,1-2H3. The van der Waals surface area contributed by atoms with Crippen LogP contribution in [0.5, 0.6) is 5.75 Å². The zero-order valence-electron chi connectivity index (χ0n) is 10.5. The molecular weight excluding hydrogens is 252 g/mol. The van der Waals surface area contributed by atoms with E-state index < -0.39 is 10.0 Å². The highest BCUT2D eigenvalue weighted by atomic mass is 32.2. The number of hydrogen-bond donors (Lipinski definition) is 0. The normalized spacial score (nSPS) is 11.2. The summed E-state index contributed by atoms with van der Waals surface area (Å²) in [4.78, 5) is 0.200. The Hall–Kier alpha value is -1.58. The van der Waals surface area contributed by atoms with E-state index in [2.05, 4.69) is 0 Å². The average Bonchev–Trinajstić information content (AvgIpc) is 2.37. The highest BCUT2D eigenvalue weighted by molar-refractivity contribution is 7.89. The van der Waals surface area contributed by atoms with Crippen LogP contribution < -0.4 is 4.74 Å². The van der Waals surface area contributed by atoms with Gasteiger partial charge in [0, 0.05) is 20.0 Å². The summed E-state index contributed by atoms with van der Waals surface area (Å²) in [5.74, 6) is 0.635. The van der Waals surface area contributed by atoms with Crippen LogP contribution in [0.3, 0.4) is 0 Å². The van der Waals surface area contributed by atoms with Gasteiger partial charge in [-0.3, -0.25) is 0 Å². The molecule has 0 saturated carbocycles. The van der Waals surface area contributed by atoms with E-state index in [1.165, 1.54) is 23.5 Å². The Morgan fingerprint density at radius 1 is 1.33 bits per heavy atom. The molecule has 0 aromatic heterocycles. The fourth-order valence-electron chi connectivity index (χ4n) is 1.38. The Balaban J connectivity index is 2.88. The Morgan fingerprint density at radius 3 is 2.44 bits per heavy atom. The molecule has 0 atom stereocenters. The fourth-order valence-corrected chi connectivity index (χ4v) is 2.55. The van der Waals surface area contributed by atoms with E-state index in [0.717, 1.165) is 0 Å². The van der Waals surface area contributed by atoms with Crippen molar-refractivity contribution < 1.29 is 13.2 Å². The molecule has 0 aliphatic carbocycles. The Kier molecular flexibility index (Phi) is 5.13. The fraction of sp³-hybridized carbons (Fsp3) is 0.417. The number of ether oxygens (including phenoxy) is 1. The van der Waals surface area contributed by atoms with Crippen molar-refractivity contribution in [1.82, 2.24) is 4.31 Å². The molecule has 0 N–H and O–H groups in total. The second kappa shape index (κ2) is 6.38. The van der Waals surface area contributed by atoms with E-state index in [9.17, 15) is 8.42 Å². The lowest BCUT2D eigenvalue weighted by atomic mass is 10.3. The SMILES string of the molecule is CCOc1ccc(S(=O)(=O)N(C)CCC#N)cc1. The number of hydrogen-bond acceptors (Lipinski definition) is 4. The van der Waals surface area contributed by atoms with E-state index in [1.807, 2.05) is 13.0 Å². The lowest BCUT2D eigenvalue weighted by Gasteiger charge is -2.15. The van der Waals surface area contributed by atoms with Gasteiger partial charge in [-0.2, -0.15) is 9.57 Å². The van der Waals surface area contributed by atoms with Gasteiger partial charge in [-0.05, 0) is 31.2 Å². The first-order chi connectivity index (χ1) is 8.52. The van der Waals surface area contributed by atoms with Crippen LogP contribution in [0.25, 0.3) is 0 Å². The second-order valence-corrected chi connectivity index (χ2v) is 5.68. The van der Waals surface area contributed by atoms with Crippen molar-refractivity contribution in [3.8, 4) is 11.8 Å². The molecule has 0 radical (unpaired) electrons. The van der Waals surface area contributed by atoms with Gasteiger partial charge in [0.05, 0.1) is 17.6 Å². The molecule has 1 rings (SSSR count). The maximum atomic E-state index is 12.1. The van der Waals surface area contributed by atoms with Gasteiger partial charge in [-0.15, -0.1) is 0 Å². The van der Waals surface area contributed by atoms with Crippen molar-refractivity contribution in [3.63, 3.8) is 0 Å². The molecule has 0 bridgehead atoms. The lowest BCUT2D eigenvalue weighted by Crippen LogP contribution is -2.27. The summed E-state index contributed by atoms with van der Waals surface area (Å²) in [5, 5.41) is 8.46. The molecule has 18 heavy (non-hydrogen) atoms. The zero-order chi connectivity index (χ0) is 13.6. The zero-order valence-corrected chi connectivity index (χ0v) is 11.3. The predicted octanol–water partition coefficient (Wildman–Crippen LogP) is 1.62. The van der Waals surface area contributed by atoms with Crippen LogP contribution in [-0.4, -0.2) is 32.9 Å². The molecule has 0 fully saturated rings. The van der Waals surface area contributed by atoms with Crippen LogP contribution in [0.4, 0.5) is 0 Å². The minimum Gasteiger partial charge on any atom is -0.494 e. The van der Waals surface area contributed by atoms with Crippen LogP contribution >= 0.6 is 0 Å². The van der Waals surface area contributed by atoms with E-state index in [0.29, 0.717) is 12.4 Å². The van der Waals surface area contributed by atoms with Crippen LogP contribution in [-0.2, 0) is 10.0 Å². The Morgan fingerprint density at radius 2 is 1.94 bits per heavy atom. The number of nitrogens with zero attached hydrogens (tertiary/aromatic N) is 2. The molecule has 0 unspecified atom stereocenters. The van der Waals surface area contributed by atoms with E-state index in [-0.39, 0.29) is 17.9 Å². The first kappa shape index (κ1) is 14.5. The summed E-state index contributed by atoms with van der Waals surface area (Å²) in [6.07, 6.45) is 0.173. The van der Waals surface area contributed by atoms with Crippen molar-refractivity contribution in [2.45, 2.75) is 18.2 Å². The molecule has 0 aliphatic rings. The Bertz CT molecular complexity index is 517. The van der Waals surface area contributed by atoms with Gasteiger partial charge in [-0.25, -0.2) is 8.42 Å². The van der Waals surface area contributed by atoms with E-state index in [1.54, 1.807) is 12.1 Å². The number of rotatable bonds is 6. The number of benzene rings is 1. The van der Waals surface area contributed by atoms with Crippen LogP contribution in [0.15, 0.2) is 29.2 Å². The molecule has 0 aliphatic heterocycles. The number of nitriles is 1. The molecule has 0 heterocycles. The maximum absolute atomic E-state index is 12.1. The van der Waals surface area contributed by atoms with Gasteiger partial charge < -0.3 is 4.74 Å². The summed E-state index contributed by atoms with van der Waals surface area (Å²) >= 11 is 0. The molecular formula is C12H16N2O3S. The minimum absolute atomic E-state index is 0.173. The molecule has 5 nitrogen and oxygen atoms in total. The van der Waals surface area contributed by atoms with E-state index in [4.69, 9.17) is 10.00 Å². The van der Waals surface area contributed by atoms with Gasteiger partial charge in [0.15, 0.2) is 0 Å². The monoisotopic (exact) mass is 268 g/mol. The van der Waals surface area contributed by atoms with Gasteiger partial charge in [0.25, 0.3) is 0 Å². The molecule has 1 aromatic carbocycles. The van der Waals surface area contributed by atoms with Crippen molar-refractivity contribution in [2.75, 3.05) is 20.2 Å². The number of sulfonamides is 1. The van der Waals surface area contributed by atoms with Gasteiger partial charge in [0.2, 0.25) is 10.0 Å². The molecule has 0 saturated heterocycles. The summed E-state index contributed by atoms with van der Waals surface area (Å²) < 4.78 is 30.6. The third kappa shape index (κ3) is 3.45. The predicted molar refractivity (Wildman–Crippen MR) is 67.7 cm³/mol. The average molecular weight is 268 g/mol. The summed E-state index contributed by atoms with van der Waals surface area (Å²) in [7, 11) is -2.05. The Labute approximate surface area is 108 Å². The summed E-state index contributed by atoms with van der Waals surface area (Å²) in [6, 6.07) is 8.17. The highest BCUT2D eigenvalue weighted by Crippen LogP contribution is 2.18. The third-order valence-corrected chi connectivity index (χ3v) is 4.25. The van der Waals surface area contributed by atoms with Gasteiger partial charge in [0.1, 0.15) is 5.75 Å². The smallest absolute Gasteiger partial charge is 0.242 e. The van der Waals surface area contributed by atoms with Gasteiger partial charge >= 0.3 is 0 Å². The minimum atomic E-state index is -3.52. The van der Waals surface area contributed by atoms with Crippen molar-refractivity contribution >= 4 is 10.0 Å². The molecule has 1 aromatic rings. The quantitative estimate of drug-likeness (QED) is 0.786. The molecule has 98 valence electrons. The largest absolute Gasteiger partial charge is 0.494 e. The summed E-state index contributed by atoms with van der Waals surface area (Å²) in [6.45, 7) is 2.58. The summed E-state index contributed by atoms with van der Waals surface area (Å²) in [5.41, 5.74) is 0. The van der Waals surface area contributed by atoms with Crippen molar-refractivity contribution in [3.05, 3.63) is 24.3 Å². The lowest BCUT2D eigenvalue weighted by molar-refractivity contribution is 0.340.